The molecule has 1 aromatic rings. The number of nitrogens with one attached hydrogen (secondary N) is 1. The van der Waals surface area contributed by atoms with Gasteiger partial charge in [0.1, 0.15) is 13.2 Å². The average Bonchev–Trinajstić information content (AvgIpc) is 2.55. The van der Waals surface area contributed by atoms with Gasteiger partial charge in [0.25, 0.3) is 5.91 Å². The number of carbonyl (C=O) groups excluding carboxylic acids is 3. The van der Waals surface area contributed by atoms with Gasteiger partial charge >= 0.3 is 5.97 Å². The maximum absolute atomic E-state index is 12.3. The summed E-state index contributed by atoms with van der Waals surface area (Å²) in [7, 11) is 2.87. The van der Waals surface area contributed by atoms with Gasteiger partial charge in [-0.15, -0.1) is 0 Å². The van der Waals surface area contributed by atoms with Crippen LogP contribution in [0.5, 0.6) is 0 Å². The summed E-state index contributed by atoms with van der Waals surface area (Å²) in [4.78, 5) is 36.7. The van der Waals surface area contributed by atoms with Gasteiger partial charge in [0, 0.05) is 7.05 Å². The summed E-state index contributed by atoms with van der Waals surface area (Å²) >= 11 is 0. The number of ether oxygens (including phenoxy) is 2. The lowest BCUT2D eigenvalue weighted by Crippen LogP contribution is -2.53. The molecular weight excluding hydrogens is 288 g/mol. The van der Waals surface area contributed by atoms with Gasteiger partial charge in [0.2, 0.25) is 5.91 Å². The van der Waals surface area contributed by atoms with Crippen molar-refractivity contribution in [2.24, 2.45) is 0 Å². The highest BCUT2D eigenvalue weighted by atomic mass is 16.5. The van der Waals surface area contributed by atoms with Crippen molar-refractivity contribution in [3.63, 3.8) is 0 Å². The third-order valence-electron chi connectivity index (χ3n) is 3.52. The molecule has 0 bridgehead atoms. The van der Waals surface area contributed by atoms with Crippen molar-refractivity contribution in [1.82, 2.24) is 10.2 Å². The van der Waals surface area contributed by atoms with Gasteiger partial charge in [-0.2, -0.15) is 0 Å². The predicted octanol–water partition coefficient (Wildman–Crippen LogP) is -0.126. The third kappa shape index (κ3) is 3.43. The number of morpholine rings is 1. The maximum Gasteiger partial charge on any atom is 0.325 e. The number of rotatable bonds is 4. The lowest BCUT2D eigenvalue weighted by Gasteiger charge is -2.38. The molecule has 22 heavy (non-hydrogen) atoms. The van der Waals surface area contributed by atoms with Crippen LogP contribution in [0, 0.1) is 0 Å². The van der Waals surface area contributed by atoms with Gasteiger partial charge in [-0.3, -0.25) is 14.4 Å². The Morgan fingerprint density at radius 2 is 2.05 bits per heavy atom. The lowest BCUT2D eigenvalue weighted by molar-refractivity contribution is -0.163. The van der Waals surface area contributed by atoms with Crippen molar-refractivity contribution in [2.75, 3.05) is 27.3 Å². The standard InChI is InChI=1S/C15H18N2O5/c1-17-11(18)9-22-14(15(20)16-8-12(19)21-2)13(17)10-6-4-3-5-7-10/h3-7,13-14H,8-9H2,1-2H3,(H,16,20)/t13-,14+/m0/s1. The van der Waals surface area contributed by atoms with Crippen LogP contribution >= 0.6 is 0 Å². The number of benzene rings is 1. The monoisotopic (exact) mass is 306 g/mol. The van der Waals surface area contributed by atoms with Gasteiger partial charge in [-0.1, -0.05) is 30.3 Å². The Morgan fingerprint density at radius 3 is 2.68 bits per heavy atom. The molecule has 7 nitrogen and oxygen atoms in total. The van der Waals surface area contributed by atoms with Crippen LogP contribution < -0.4 is 5.32 Å². The molecule has 0 aromatic heterocycles. The van der Waals surface area contributed by atoms with Crippen LogP contribution in [0.2, 0.25) is 0 Å². The minimum absolute atomic E-state index is 0.170. The molecule has 1 saturated heterocycles. The summed E-state index contributed by atoms with van der Waals surface area (Å²) in [6, 6.07) is 8.60. The van der Waals surface area contributed by atoms with Crippen LogP contribution in [0.4, 0.5) is 0 Å². The lowest BCUT2D eigenvalue weighted by atomic mass is 9.97. The van der Waals surface area contributed by atoms with E-state index in [9.17, 15) is 14.4 Å². The molecule has 118 valence electrons. The van der Waals surface area contributed by atoms with E-state index in [4.69, 9.17) is 4.74 Å². The third-order valence-corrected chi connectivity index (χ3v) is 3.52. The molecule has 1 fully saturated rings. The largest absolute Gasteiger partial charge is 0.468 e. The highest BCUT2D eigenvalue weighted by Gasteiger charge is 2.39. The summed E-state index contributed by atoms with van der Waals surface area (Å²) in [5.41, 5.74) is 0.788. The van der Waals surface area contributed by atoms with Crippen LogP contribution in [0.3, 0.4) is 0 Å². The smallest absolute Gasteiger partial charge is 0.325 e. The van der Waals surface area contributed by atoms with E-state index in [0.29, 0.717) is 0 Å². The zero-order valence-corrected chi connectivity index (χ0v) is 12.4. The highest BCUT2D eigenvalue weighted by Crippen LogP contribution is 2.28. The summed E-state index contributed by atoms with van der Waals surface area (Å²) in [6.45, 7) is -0.412. The van der Waals surface area contributed by atoms with E-state index in [1.807, 2.05) is 30.3 Å². The first-order chi connectivity index (χ1) is 10.5. The second kappa shape index (κ2) is 7.04. The van der Waals surface area contributed by atoms with E-state index >= 15 is 0 Å². The molecule has 0 spiro atoms. The molecule has 1 aliphatic rings. The van der Waals surface area contributed by atoms with Crippen LogP contribution in [-0.4, -0.2) is 56.1 Å². The summed E-state index contributed by atoms with van der Waals surface area (Å²) in [5, 5.41) is 2.46. The molecule has 1 N–H and O–H groups in total. The Hall–Kier alpha value is -2.41. The number of likely N-dealkylation sites (N-methyl/N-ethyl adjacent to an activating group) is 1. The van der Waals surface area contributed by atoms with Gasteiger partial charge in [0.15, 0.2) is 6.10 Å². The molecule has 7 heteroatoms. The minimum atomic E-state index is -0.880. The maximum atomic E-state index is 12.3. The number of nitrogens with zero attached hydrogens (tertiary/aromatic N) is 1. The van der Waals surface area contributed by atoms with Crippen molar-refractivity contribution >= 4 is 17.8 Å². The Labute approximate surface area is 128 Å². The molecule has 1 aliphatic heterocycles. The van der Waals surface area contributed by atoms with Crippen molar-refractivity contribution in [2.45, 2.75) is 12.1 Å². The number of esters is 1. The summed E-state index contributed by atoms with van der Waals surface area (Å²) in [5.74, 6) is -1.21. The van der Waals surface area contributed by atoms with E-state index < -0.39 is 24.0 Å². The molecule has 2 rings (SSSR count). The van der Waals surface area contributed by atoms with E-state index in [-0.39, 0.29) is 19.1 Å². The molecule has 0 aliphatic carbocycles. The van der Waals surface area contributed by atoms with Gasteiger partial charge in [0.05, 0.1) is 13.2 Å². The van der Waals surface area contributed by atoms with Crippen LogP contribution in [-0.2, 0) is 23.9 Å². The summed E-state index contributed by atoms with van der Waals surface area (Å²) in [6.07, 6.45) is -0.880. The quantitative estimate of drug-likeness (QED) is 0.784. The van der Waals surface area contributed by atoms with E-state index in [1.165, 1.54) is 12.0 Å². The SMILES string of the molecule is COC(=O)CNC(=O)[C@@H]1OCC(=O)N(C)[C@H]1c1ccccc1. The fourth-order valence-electron chi connectivity index (χ4n) is 2.31. The van der Waals surface area contributed by atoms with E-state index in [1.54, 1.807) is 7.05 Å². The molecule has 1 heterocycles. The van der Waals surface area contributed by atoms with Gasteiger partial charge in [-0.05, 0) is 5.56 Å². The Morgan fingerprint density at radius 1 is 1.36 bits per heavy atom. The van der Waals surface area contributed by atoms with Crippen molar-refractivity contribution in [3.05, 3.63) is 35.9 Å². The molecule has 2 amide bonds. The Kier molecular flexibility index (Phi) is 5.11. The molecule has 0 saturated carbocycles. The Balaban J connectivity index is 2.18. The van der Waals surface area contributed by atoms with E-state index in [0.717, 1.165) is 5.56 Å². The van der Waals surface area contributed by atoms with Gasteiger partial charge < -0.3 is 19.7 Å². The van der Waals surface area contributed by atoms with Crippen LogP contribution in [0.15, 0.2) is 30.3 Å². The van der Waals surface area contributed by atoms with Crippen molar-refractivity contribution in [3.8, 4) is 0 Å². The van der Waals surface area contributed by atoms with Crippen LogP contribution in [0.1, 0.15) is 11.6 Å². The fraction of sp³-hybridized carbons (Fsp3) is 0.400. The normalized spacial score (nSPS) is 21.4. The number of hydrogen-bond donors (Lipinski definition) is 1. The first kappa shape index (κ1) is 16.0. The first-order valence-electron chi connectivity index (χ1n) is 6.81. The number of carbonyl (C=O) groups is 3. The average molecular weight is 306 g/mol. The zero-order valence-electron chi connectivity index (χ0n) is 12.4. The molecule has 2 atom stereocenters. The Bertz CT molecular complexity index is 560. The second-order valence-electron chi connectivity index (χ2n) is 4.89. The van der Waals surface area contributed by atoms with Crippen molar-refractivity contribution < 1.29 is 23.9 Å². The predicted molar refractivity (Wildman–Crippen MR) is 76.7 cm³/mol. The first-order valence-corrected chi connectivity index (χ1v) is 6.81. The number of amides is 2. The fourth-order valence-corrected chi connectivity index (χ4v) is 2.31. The van der Waals surface area contributed by atoms with Crippen molar-refractivity contribution in [1.29, 1.82) is 0 Å². The molecule has 1 aromatic carbocycles. The highest BCUT2D eigenvalue weighted by molar-refractivity contribution is 5.88. The zero-order chi connectivity index (χ0) is 16.1. The molecule has 0 radical (unpaired) electrons. The van der Waals surface area contributed by atoms with Gasteiger partial charge in [-0.25, -0.2) is 0 Å². The number of hydrogen-bond acceptors (Lipinski definition) is 5. The minimum Gasteiger partial charge on any atom is -0.468 e. The van der Waals surface area contributed by atoms with Crippen LogP contribution in [0.25, 0.3) is 0 Å². The second-order valence-corrected chi connectivity index (χ2v) is 4.89. The molecular formula is C15H18N2O5. The van der Waals surface area contributed by atoms with E-state index in [2.05, 4.69) is 10.1 Å². The topological polar surface area (TPSA) is 84.9 Å². The number of methoxy groups -OCH3 is 1. The summed E-state index contributed by atoms with van der Waals surface area (Å²) < 4.78 is 9.88. The molecule has 0 unspecified atom stereocenters.